The van der Waals surface area contributed by atoms with Crippen molar-refractivity contribution in [2.24, 2.45) is 0 Å². The van der Waals surface area contributed by atoms with E-state index in [2.05, 4.69) is 10.3 Å². The molecule has 0 saturated heterocycles. The van der Waals surface area contributed by atoms with E-state index in [1.165, 1.54) is 29.5 Å². The maximum absolute atomic E-state index is 11.8. The summed E-state index contributed by atoms with van der Waals surface area (Å²) in [5, 5.41) is 23.7. The summed E-state index contributed by atoms with van der Waals surface area (Å²) in [6, 6.07) is 4.12. The van der Waals surface area contributed by atoms with E-state index >= 15 is 0 Å². The molecule has 0 fully saturated rings. The number of nitrogens with zero attached hydrogens (tertiary/aromatic N) is 1. The number of thiazole rings is 1. The predicted molar refractivity (Wildman–Crippen MR) is 64.6 cm³/mol. The third-order valence-electron chi connectivity index (χ3n) is 2.09. The molecule has 1 aromatic heterocycles. The van der Waals surface area contributed by atoms with Crippen molar-refractivity contribution in [2.75, 3.05) is 5.32 Å². The number of hydrogen-bond acceptors (Lipinski definition) is 5. The zero-order valence-electron chi connectivity index (χ0n) is 8.97. The molecule has 1 aromatic carbocycles. The third kappa shape index (κ3) is 2.36. The number of carbonyl (C=O) groups is 1. The minimum Gasteiger partial charge on any atom is -0.507 e. The molecular formula is C11H10N2O3S. The lowest BCUT2D eigenvalue weighted by Gasteiger charge is -2.05. The molecule has 17 heavy (non-hydrogen) atoms. The van der Waals surface area contributed by atoms with Crippen molar-refractivity contribution < 1.29 is 15.0 Å². The number of anilines is 1. The van der Waals surface area contributed by atoms with Gasteiger partial charge in [0, 0.05) is 5.38 Å². The first kappa shape index (κ1) is 11.4. The molecule has 2 aromatic rings. The standard InChI is InChI=1S/C11H10N2O3S/c1-6-5-17-11(12-6)13-10(16)9-7(14)3-2-4-8(9)15/h2-5,14-15H,1H3,(H,12,13,16). The largest absolute Gasteiger partial charge is 0.507 e. The van der Waals surface area contributed by atoms with Crippen LogP contribution in [0, 0.1) is 6.92 Å². The van der Waals surface area contributed by atoms with Gasteiger partial charge < -0.3 is 10.2 Å². The maximum Gasteiger partial charge on any atom is 0.264 e. The van der Waals surface area contributed by atoms with Crippen molar-refractivity contribution >= 4 is 22.4 Å². The van der Waals surface area contributed by atoms with Crippen LogP contribution in [0.25, 0.3) is 0 Å². The molecule has 0 bridgehead atoms. The number of phenolic OH excluding ortho intramolecular Hbond substituents is 2. The van der Waals surface area contributed by atoms with Crippen LogP contribution < -0.4 is 5.32 Å². The van der Waals surface area contributed by atoms with E-state index in [9.17, 15) is 15.0 Å². The molecule has 5 nitrogen and oxygen atoms in total. The van der Waals surface area contributed by atoms with Gasteiger partial charge in [-0.2, -0.15) is 0 Å². The molecule has 88 valence electrons. The second-order valence-electron chi connectivity index (χ2n) is 3.42. The zero-order chi connectivity index (χ0) is 12.4. The van der Waals surface area contributed by atoms with Gasteiger partial charge in [0.15, 0.2) is 5.13 Å². The lowest BCUT2D eigenvalue weighted by Crippen LogP contribution is -2.12. The fourth-order valence-corrected chi connectivity index (χ4v) is 2.02. The van der Waals surface area contributed by atoms with Gasteiger partial charge in [-0.15, -0.1) is 11.3 Å². The molecule has 0 aliphatic carbocycles. The highest BCUT2D eigenvalue weighted by atomic mass is 32.1. The van der Waals surface area contributed by atoms with E-state index in [-0.39, 0.29) is 17.1 Å². The Morgan fingerprint density at radius 1 is 1.35 bits per heavy atom. The second kappa shape index (κ2) is 4.42. The Bertz CT molecular complexity index is 545. The first-order valence-electron chi connectivity index (χ1n) is 4.82. The van der Waals surface area contributed by atoms with Gasteiger partial charge in [0.05, 0.1) is 5.69 Å². The lowest BCUT2D eigenvalue weighted by atomic mass is 10.1. The van der Waals surface area contributed by atoms with E-state index < -0.39 is 5.91 Å². The number of amides is 1. The van der Waals surface area contributed by atoms with Gasteiger partial charge in [-0.05, 0) is 19.1 Å². The number of aryl methyl sites for hydroxylation is 1. The van der Waals surface area contributed by atoms with Gasteiger partial charge in [0.25, 0.3) is 5.91 Å². The van der Waals surface area contributed by atoms with Crippen LogP contribution in [0.1, 0.15) is 16.1 Å². The van der Waals surface area contributed by atoms with Crippen molar-refractivity contribution in [2.45, 2.75) is 6.92 Å². The Hall–Kier alpha value is -2.08. The van der Waals surface area contributed by atoms with Crippen molar-refractivity contribution in [1.82, 2.24) is 4.98 Å². The minimum absolute atomic E-state index is 0.152. The van der Waals surface area contributed by atoms with E-state index in [1.807, 2.05) is 6.92 Å². The third-order valence-corrected chi connectivity index (χ3v) is 2.96. The highest BCUT2D eigenvalue weighted by Gasteiger charge is 2.16. The molecular weight excluding hydrogens is 240 g/mol. The normalized spacial score (nSPS) is 10.2. The summed E-state index contributed by atoms with van der Waals surface area (Å²) in [6.45, 7) is 1.81. The number of carbonyl (C=O) groups excluding carboxylic acids is 1. The summed E-state index contributed by atoms with van der Waals surface area (Å²) in [6.07, 6.45) is 0. The summed E-state index contributed by atoms with van der Waals surface area (Å²) >= 11 is 1.28. The Balaban J connectivity index is 2.26. The SMILES string of the molecule is Cc1csc(NC(=O)c2c(O)cccc2O)n1. The molecule has 0 aliphatic heterocycles. The number of aromatic hydroxyl groups is 2. The zero-order valence-corrected chi connectivity index (χ0v) is 9.78. The van der Waals surface area contributed by atoms with Gasteiger partial charge in [-0.3, -0.25) is 10.1 Å². The average molecular weight is 250 g/mol. The molecule has 0 saturated carbocycles. The molecule has 0 aliphatic rings. The fraction of sp³-hybridized carbons (Fsp3) is 0.0909. The van der Waals surface area contributed by atoms with Crippen LogP contribution in [0.5, 0.6) is 11.5 Å². The summed E-state index contributed by atoms with van der Waals surface area (Å²) in [4.78, 5) is 15.9. The van der Waals surface area contributed by atoms with E-state index in [0.717, 1.165) is 5.69 Å². The van der Waals surface area contributed by atoms with Crippen LogP contribution in [-0.2, 0) is 0 Å². The van der Waals surface area contributed by atoms with Crippen LogP contribution in [0.15, 0.2) is 23.6 Å². The molecule has 6 heteroatoms. The number of benzene rings is 1. The molecule has 0 unspecified atom stereocenters. The van der Waals surface area contributed by atoms with Crippen LogP contribution >= 0.6 is 11.3 Å². The lowest BCUT2D eigenvalue weighted by molar-refractivity contribution is 0.102. The van der Waals surface area contributed by atoms with Gasteiger partial charge in [-0.25, -0.2) is 4.98 Å². The number of aromatic nitrogens is 1. The van der Waals surface area contributed by atoms with Crippen molar-refractivity contribution in [3.05, 3.63) is 34.8 Å². The van der Waals surface area contributed by atoms with Crippen LogP contribution in [0.4, 0.5) is 5.13 Å². The first-order valence-corrected chi connectivity index (χ1v) is 5.70. The van der Waals surface area contributed by atoms with Gasteiger partial charge >= 0.3 is 0 Å². The molecule has 3 N–H and O–H groups in total. The van der Waals surface area contributed by atoms with E-state index in [4.69, 9.17) is 0 Å². The molecule has 0 spiro atoms. The average Bonchev–Trinajstić information content (AvgIpc) is 2.63. The Labute approximate surface area is 101 Å². The molecule has 0 radical (unpaired) electrons. The van der Waals surface area contributed by atoms with E-state index in [1.54, 1.807) is 5.38 Å². The predicted octanol–water partition coefficient (Wildman–Crippen LogP) is 2.12. The Morgan fingerprint density at radius 2 is 2.00 bits per heavy atom. The Kier molecular flexibility index (Phi) is 2.97. The summed E-state index contributed by atoms with van der Waals surface area (Å²) in [5.41, 5.74) is 0.646. The fourth-order valence-electron chi connectivity index (χ4n) is 1.33. The first-order chi connectivity index (χ1) is 8.08. The monoisotopic (exact) mass is 250 g/mol. The minimum atomic E-state index is -0.588. The summed E-state index contributed by atoms with van der Waals surface area (Å²) in [5.74, 6) is -1.12. The van der Waals surface area contributed by atoms with Crippen LogP contribution in [0.3, 0.4) is 0 Å². The van der Waals surface area contributed by atoms with Gasteiger partial charge in [0.1, 0.15) is 17.1 Å². The number of hydrogen-bond donors (Lipinski definition) is 3. The molecule has 1 heterocycles. The number of nitrogens with one attached hydrogen (secondary N) is 1. The van der Waals surface area contributed by atoms with Gasteiger partial charge in [0.2, 0.25) is 0 Å². The number of phenols is 2. The topological polar surface area (TPSA) is 82.5 Å². The van der Waals surface area contributed by atoms with Crippen LogP contribution in [0.2, 0.25) is 0 Å². The quantitative estimate of drug-likeness (QED) is 0.762. The van der Waals surface area contributed by atoms with Crippen molar-refractivity contribution in [3.63, 3.8) is 0 Å². The molecule has 2 rings (SSSR count). The highest BCUT2D eigenvalue weighted by molar-refractivity contribution is 7.13. The summed E-state index contributed by atoms with van der Waals surface area (Å²) < 4.78 is 0. The van der Waals surface area contributed by atoms with Crippen molar-refractivity contribution in [3.8, 4) is 11.5 Å². The Morgan fingerprint density at radius 3 is 2.53 bits per heavy atom. The number of rotatable bonds is 2. The highest BCUT2D eigenvalue weighted by Crippen LogP contribution is 2.27. The maximum atomic E-state index is 11.8. The summed E-state index contributed by atoms with van der Waals surface area (Å²) in [7, 11) is 0. The second-order valence-corrected chi connectivity index (χ2v) is 4.28. The molecule has 0 atom stereocenters. The van der Waals surface area contributed by atoms with Crippen LogP contribution in [-0.4, -0.2) is 21.1 Å². The van der Waals surface area contributed by atoms with Crippen molar-refractivity contribution in [1.29, 1.82) is 0 Å². The molecule has 1 amide bonds. The van der Waals surface area contributed by atoms with E-state index in [0.29, 0.717) is 5.13 Å². The van der Waals surface area contributed by atoms with Gasteiger partial charge in [-0.1, -0.05) is 6.07 Å². The smallest absolute Gasteiger partial charge is 0.264 e.